The molecule has 170 valence electrons. The van der Waals surface area contributed by atoms with E-state index in [1.165, 1.54) is 0 Å². The summed E-state index contributed by atoms with van der Waals surface area (Å²) in [5.74, 6) is 0.839. The van der Waals surface area contributed by atoms with Crippen LogP contribution in [0.3, 0.4) is 0 Å². The quantitative estimate of drug-likeness (QED) is 0.583. The molecular weight excluding hydrogens is 406 g/mol. The highest BCUT2D eigenvalue weighted by Gasteiger charge is 2.16. The summed E-state index contributed by atoms with van der Waals surface area (Å²) in [4.78, 5) is 19.5. The number of nitrogens with zero attached hydrogens (tertiary/aromatic N) is 4. The van der Waals surface area contributed by atoms with Crippen molar-refractivity contribution in [3.8, 4) is 17.0 Å². The Kier molecular flexibility index (Phi) is 7.02. The van der Waals surface area contributed by atoms with Crippen molar-refractivity contribution in [2.24, 2.45) is 0 Å². The highest BCUT2D eigenvalue weighted by molar-refractivity contribution is 5.76. The predicted molar refractivity (Wildman–Crippen MR) is 123 cm³/mol. The van der Waals surface area contributed by atoms with E-state index in [2.05, 4.69) is 10.2 Å². The minimum atomic E-state index is 0.0623. The monoisotopic (exact) mass is 437 g/mol. The molecule has 4 rings (SSSR count). The second-order valence-electron chi connectivity index (χ2n) is 8.07. The summed E-state index contributed by atoms with van der Waals surface area (Å²) in [6.07, 6.45) is 1.06. The van der Waals surface area contributed by atoms with Gasteiger partial charge in [0.25, 0.3) is 0 Å². The molecular formula is C24H31N5O3. The number of morpholine rings is 1. The molecule has 1 aliphatic heterocycles. The Morgan fingerprint density at radius 2 is 2.00 bits per heavy atom. The first-order valence-electron chi connectivity index (χ1n) is 11.1. The molecule has 1 saturated heterocycles. The molecule has 0 bridgehead atoms. The van der Waals surface area contributed by atoms with Crippen molar-refractivity contribution >= 4 is 11.6 Å². The Morgan fingerprint density at radius 3 is 2.78 bits per heavy atom. The average molecular weight is 438 g/mol. The number of methoxy groups -OCH3 is 1. The molecule has 0 unspecified atom stereocenters. The van der Waals surface area contributed by atoms with Crippen molar-refractivity contribution in [2.45, 2.75) is 26.7 Å². The maximum Gasteiger partial charge on any atom is 0.220 e. The fourth-order valence-electron chi connectivity index (χ4n) is 4.18. The first-order chi connectivity index (χ1) is 15.6. The molecule has 8 heteroatoms. The zero-order chi connectivity index (χ0) is 22.5. The minimum Gasteiger partial charge on any atom is -0.496 e. The second kappa shape index (κ2) is 10.1. The van der Waals surface area contributed by atoms with Crippen LogP contribution in [0, 0.1) is 13.8 Å². The van der Waals surface area contributed by atoms with Crippen molar-refractivity contribution in [3.63, 3.8) is 0 Å². The van der Waals surface area contributed by atoms with Gasteiger partial charge >= 0.3 is 0 Å². The molecule has 8 nitrogen and oxygen atoms in total. The van der Waals surface area contributed by atoms with Crippen molar-refractivity contribution in [2.75, 3.05) is 46.5 Å². The fourth-order valence-corrected chi connectivity index (χ4v) is 4.18. The minimum absolute atomic E-state index is 0.0623. The van der Waals surface area contributed by atoms with E-state index >= 15 is 0 Å². The molecule has 1 aromatic carbocycles. The molecule has 0 aliphatic carbocycles. The van der Waals surface area contributed by atoms with Crippen LogP contribution in [0.4, 0.5) is 0 Å². The van der Waals surface area contributed by atoms with Gasteiger partial charge in [-0.15, -0.1) is 0 Å². The van der Waals surface area contributed by atoms with E-state index < -0.39 is 0 Å². The molecule has 1 aliphatic rings. The van der Waals surface area contributed by atoms with Crippen LogP contribution in [0.2, 0.25) is 0 Å². The van der Waals surface area contributed by atoms with Gasteiger partial charge in [0.05, 0.1) is 26.0 Å². The summed E-state index contributed by atoms with van der Waals surface area (Å²) in [6, 6.07) is 9.80. The maximum atomic E-state index is 12.4. The van der Waals surface area contributed by atoms with Gasteiger partial charge in [-0.25, -0.2) is 9.50 Å². The molecule has 2 aromatic heterocycles. The molecule has 0 spiro atoms. The normalized spacial score (nSPS) is 14.6. The number of nitrogens with one attached hydrogen (secondary N) is 1. The molecule has 3 aromatic rings. The average Bonchev–Trinajstić information content (AvgIpc) is 3.23. The third kappa shape index (κ3) is 4.92. The smallest absolute Gasteiger partial charge is 0.220 e. The summed E-state index contributed by atoms with van der Waals surface area (Å²) in [5, 5.41) is 7.82. The molecule has 0 saturated carbocycles. The van der Waals surface area contributed by atoms with E-state index in [-0.39, 0.29) is 5.91 Å². The van der Waals surface area contributed by atoms with Crippen LogP contribution in [0.25, 0.3) is 16.9 Å². The highest BCUT2D eigenvalue weighted by atomic mass is 16.5. The number of para-hydroxylation sites is 1. The molecule has 32 heavy (non-hydrogen) atoms. The van der Waals surface area contributed by atoms with Gasteiger partial charge in [0.15, 0.2) is 5.65 Å². The van der Waals surface area contributed by atoms with Gasteiger partial charge in [-0.2, -0.15) is 5.10 Å². The van der Waals surface area contributed by atoms with E-state index in [9.17, 15) is 4.79 Å². The Morgan fingerprint density at radius 1 is 1.22 bits per heavy atom. The molecule has 1 fully saturated rings. The van der Waals surface area contributed by atoms with Crippen LogP contribution in [0.1, 0.15) is 23.4 Å². The number of benzene rings is 1. The summed E-state index contributed by atoms with van der Waals surface area (Å²) in [6.45, 7) is 8.96. The van der Waals surface area contributed by atoms with Gasteiger partial charge < -0.3 is 14.8 Å². The van der Waals surface area contributed by atoms with Crippen molar-refractivity contribution in [1.29, 1.82) is 0 Å². The Balaban J connectivity index is 1.43. The molecule has 1 amide bonds. The van der Waals surface area contributed by atoms with Crippen LogP contribution in [0.5, 0.6) is 5.75 Å². The molecule has 1 N–H and O–H groups in total. The number of hydrogen-bond donors (Lipinski definition) is 1. The number of rotatable bonds is 8. The van der Waals surface area contributed by atoms with E-state index in [1.807, 2.05) is 48.7 Å². The zero-order valence-corrected chi connectivity index (χ0v) is 19.1. The van der Waals surface area contributed by atoms with Crippen molar-refractivity contribution < 1.29 is 14.3 Å². The predicted octanol–water partition coefficient (Wildman–Crippen LogP) is 2.40. The molecule has 0 atom stereocenters. The van der Waals surface area contributed by atoms with Gasteiger partial charge in [-0.1, -0.05) is 12.1 Å². The van der Waals surface area contributed by atoms with Crippen LogP contribution in [0.15, 0.2) is 30.3 Å². The summed E-state index contributed by atoms with van der Waals surface area (Å²) >= 11 is 0. The third-order valence-corrected chi connectivity index (χ3v) is 6.00. The first kappa shape index (κ1) is 22.2. The van der Waals surface area contributed by atoms with Crippen LogP contribution < -0.4 is 10.1 Å². The van der Waals surface area contributed by atoms with E-state index in [4.69, 9.17) is 19.6 Å². The van der Waals surface area contributed by atoms with E-state index in [0.29, 0.717) is 19.4 Å². The van der Waals surface area contributed by atoms with Gasteiger partial charge in [0, 0.05) is 55.6 Å². The standard InChI is InChI=1S/C24H31N5O3/c1-17-19(8-9-24(30)25-10-11-28-12-14-32-15-13-28)18(2)29-23(26-17)16-21(27-29)20-6-4-5-7-22(20)31-3/h4-7,16H,8-15H2,1-3H3,(H,25,30). The maximum absolute atomic E-state index is 12.4. The van der Waals surface area contributed by atoms with Crippen LogP contribution in [-0.4, -0.2) is 71.9 Å². The van der Waals surface area contributed by atoms with Gasteiger partial charge in [-0.05, 0) is 38.0 Å². The van der Waals surface area contributed by atoms with Gasteiger partial charge in [0.1, 0.15) is 5.75 Å². The Hall–Kier alpha value is -2.97. The third-order valence-electron chi connectivity index (χ3n) is 6.00. The highest BCUT2D eigenvalue weighted by Crippen LogP contribution is 2.29. The van der Waals surface area contributed by atoms with Gasteiger partial charge in [-0.3, -0.25) is 9.69 Å². The summed E-state index contributed by atoms with van der Waals surface area (Å²) in [5.41, 5.74) is 5.54. The number of carbonyl (C=O) groups excluding carboxylic acids is 1. The lowest BCUT2D eigenvalue weighted by Gasteiger charge is -2.26. The van der Waals surface area contributed by atoms with Crippen LogP contribution in [-0.2, 0) is 16.0 Å². The fraction of sp³-hybridized carbons (Fsp3) is 0.458. The number of ether oxygens (including phenoxy) is 2. The summed E-state index contributed by atoms with van der Waals surface area (Å²) in [7, 11) is 1.66. The second-order valence-corrected chi connectivity index (χ2v) is 8.07. The summed E-state index contributed by atoms with van der Waals surface area (Å²) < 4.78 is 12.7. The Bertz CT molecular complexity index is 1090. The lowest BCUT2D eigenvalue weighted by molar-refractivity contribution is -0.121. The number of aromatic nitrogens is 3. The van der Waals surface area contributed by atoms with E-state index in [1.54, 1.807) is 7.11 Å². The van der Waals surface area contributed by atoms with Crippen LogP contribution >= 0.6 is 0 Å². The first-order valence-corrected chi connectivity index (χ1v) is 11.1. The van der Waals surface area contributed by atoms with Crippen molar-refractivity contribution in [3.05, 3.63) is 47.3 Å². The van der Waals surface area contributed by atoms with Crippen molar-refractivity contribution in [1.82, 2.24) is 24.8 Å². The van der Waals surface area contributed by atoms with Gasteiger partial charge in [0.2, 0.25) is 5.91 Å². The lowest BCUT2D eigenvalue weighted by atomic mass is 10.1. The topological polar surface area (TPSA) is 81.0 Å². The SMILES string of the molecule is COc1ccccc1-c1cc2nc(C)c(CCC(=O)NCCN3CCOCC3)c(C)n2n1. The zero-order valence-electron chi connectivity index (χ0n) is 19.1. The largest absolute Gasteiger partial charge is 0.496 e. The number of aryl methyl sites for hydroxylation is 2. The number of carbonyl (C=O) groups is 1. The molecule has 3 heterocycles. The number of hydrogen-bond acceptors (Lipinski definition) is 6. The number of fused-ring (bicyclic) bond motifs is 1. The van der Waals surface area contributed by atoms with E-state index in [0.717, 1.165) is 72.5 Å². The molecule has 0 radical (unpaired) electrons. The number of amides is 1. The Labute approximate surface area is 188 Å². The lowest BCUT2D eigenvalue weighted by Crippen LogP contribution is -2.41.